The molecule has 1 aliphatic carbocycles. The highest BCUT2D eigenvalue weighted by atomic mass is 32.1. The molecular formula is C11H17N3OS. The van der Waals surface area contributed by atoms with Crippen molar-refractivity contribution in [2.24, 2.45) is 0 Å². The number of aromatic amines is 1. The Morgan fingerprint density at radius 3 is 2.94 bits per heavy atom. The van der Waals surface area contributed by atoms with Gasteiger partial charge in [0, 0.05) is 30.9 Å². The van der Waals surface area contributed by atoms with E-state index < -0.39 is 0 Å². The van der Waals surface area contributed by atoms with Gasteiger partial charge in [0.05, 0.1) is 0 Å². The zero-order valence-electron chi connectivity index (χ0n) is 9.64. The maximum absolute atomic E-state index is 11.0. The van der Waals surface area contributed by atoms with Crippen molar-refractivity contribution in [2.75, 3.05) is 7.05 Å². The first-order valence-corrected chi connectivity index (χ1v) is 6.00. The van der Waals surface area contributed by atoms with Crippen molar-refractivity contribution < 1.29 is 0 Å². The summed E-state index contributed by atoms with van der Waals surface area (Å²) in [6.07, 6.45) is 4.37. The second-order valence-electron chi connectivity index (χ2n) is 4.51. The van der Waals surface area contributed by atoms with Gasteiger partial charge in [0.15, 0.2) is 4.77 Å². The molecule has 88 valence electrons. The van der Waals surface area contributed by atoms with Crippen LogP contribution in [0.25, 0.3) is 0 Å². The average molecular weight is 239 g/mol. The Bertz CT molecular complexity index is 475. The fourth-order valence-corrected chi connectivity index (χ4v) is 2.08. The second kappa shape index (κ2) is 4.51. The number of nitrogens with zero attached hydrogens (tertiary/aromatic N) is 2. The molecule has 1 aliphatic rings. The molecule has 1 unspecified atom stereocenters. The maximum Gasteiger partial charge on any atom is 0.251 e. The third-order valence-electron chi connectivity index (χ3n) is 3.18. The molecule has 0 spiro atoms. The van der Waals surface area contributed by atoms with Crippen molar-refractivity contribution in [1.82, 2.24) is 14.5 Å². The minimum absolute atomic E-state index is 0.135. The molecule has 0 bridgehead atoms. The number of hydrogen-bond donors (Lipinski definition) is 1. The van der Waals surface area contributed by atoms with Gasteiger partial charge in [-0.1, -0.05) is 0 Å². The van der Waals surface area contributed by atoms with Gasteiger partial charge < -0.3 is 4.57 Å². The van der Waals surface area contributed by atoms with E-state index in [0.717, 1.165) is 12.6 Å². The molecule has 1 fully saturated rings. The van der Waals surface area contributed by atoms with Gasteiger partial charge in [0.25, 0.3) is 5.56 Å². The third-order valence-corrected chi connectivity index (χ3v) is 3.51. The summed E-state index contributed by atoms with van der Waals surface area (Å²) in [4.78, 5) is 16.0. The van der Waals surface area contributed by atoms with Crippen LogP contribution in [0.5, 0.6) is 0 Å². The molecule has 5 heteroatoms. The maximum atomic E-state index is 11.0. The standard InChI is InChI=1S/C11H17N3OS/c1-8(13(2)9-3-4-9)7-14-6-5-10(15)12-11(14)16/h5-6,8-9H,3-4,7H2,1-2H3,(H,12,15,16). The van der Waals surface area contributed by atoms with Gasteiger partial charge in [-0.05, 0) is 39.0 Å². The Morgan fingerprint density at radius 1 is 1.69 bits per heavy atom. The number of H-pyrrole nitrogens is 1. The van der Waals surface area contributed by atoms with Crippen LogP contribution in [0.1, 0.15) is 19.8 Å². The summed E-state index contributed by atoms with van der Waals surface area (Å²) >= 11 is 5.11. The van der Waals surface area contributed by atoms with Gasteiger partial charge in [0.2, 0.25) is 0 Å². The summed E-state index contributed by atoms with van der Waals surface area (Å²) in [5.41, 5.74) is -0.135. The van der Waals surface area contributed by atoms with Gasteiger partial charge in [-0.15, -0.1) is 0 Å². The Hall–Kier alpha value is -0.940. The second-order valence-corrected chi connectivity index (χ2v) is 4.89. The van der Waals surface area contributed by atoms with Gasteiger partial charge in [0.1, 0.15) is 0 Å². The van der Waals surface area contributed by atoms with Crippen LogP contribution < -0.4 is 5.56 Å². The van der Waals surface area contributed by atoms with E-state index in [2.05, 4.69) is 23.9 Å². The Labute approximate surface area is 99.9 Å². The number of likely N-dealkylation sites (N-methyl/N-ethyl adjacent to an activating group) is 1. The SMILES string of the molecule is CC(Cn1ccc(=O)[nH]c1=S)N(C)C1CC1. The van der Waals surface area contributed by atoms with Crippen molar-refractivity contribution in [3.05, 3.63) is 27.4 Å². The highest BCUT2D eigenvalue weighted by Crippen LogP contribution is 2.27. The Kier molecular flexibility index (Phi) is 3.25. The van der Waals surface area contributed by atoms with Crippen LogP contribution in [0, 0.1) is 4.77 Å². The summed E-state index contributed by atoms with van der Waals surface area (Å²) in [5.74, 6) is 0. The fourth-order valence-electron chi connectivity index (χ4n) is 1.84. The lowest BCUT2D eigenvalue weighted by molar-refractivity contribution is 0.224. The molecule has 0 radical (unpaired) electrons. The highest BCUT2D eigenvalue weighted by Gasteiger charge is 2.29. The number of hydrogen-bond acceptors (Lipinski definition) is 3. The summed E-state index contributed by atoms with van der Waals surface area (Å²) in [7, 11) is 2.15. The van der Waals surface area contributed by atoms with Crippen molar-refractivity contribution >= 4 is 12.2 Å². The molecule has 0 aromatic carbocycles. The number of nitrogens with one attached hydrogen (secondary N) is 1. The lowest BCUT2D eigenvalue weighted by atomic mass is 10.3. The molecule has 1 atom stereocenters. The van der Waals surface area contributed by atoms with Crippen molar-refractivity contribution in [2.45, 2.75) is 38.4 Å². The van der Waals surface area contributed by atoms with E-state index >= 15 is 0 Å². The molecule has 1 aromatic heterocycles. The highest BCUT2D eigenvalue weighted by molar-refractivity contribution is 7.71. The van der Waals surface area contributed by atoms with E-state index in [4.69, 9.17) is 12.2 Å². The van der Waals surface area contributed by atoms with Crippen molar-refractivity contribution in [3.63, 3.8) is 0 Å². The first-order valence-electron chi connectivity index (χ1n) is 5.59. The third kappa shape index (κ3) is 2.59. The topological polar surface area (TPSA) is 41.0 Å². The van der Waals surface area contributed by atoms with Gasteiger partial charge in [-0.25, -0.2) is 0 Å². The minimum Gasteiger partial charge on any atom is -0.324 e. The minimum atomic E-state index is -0.135. The largest absolute Gasteiger partial charge is 0.324 e. The van der Waals surface area contributed by atoms with Gasteiger partial charge in [-0.3, -0.25) is 14.7 Å². The zero-order chi connectivity index (χ0) is 11.7. The smallest absolute Gasteiger partial charge is 0.251 e. The predicted octanol–water partition coefficient (Wildman–Crippen LogP) is 1.39. The van der Waals surface area contributed by atoms with Crippen LogP contribution in [0.3, 0.4) is 0 Å². The molecule has 1 heterocycles. The van der Waals surface area contributed by atoms with Crippen LogP contribution in [0.4, 0.5) is 0 Å². The van der Waals surface area contributed by atoms with E-state index in [1.54, 1.807) is 6.20 Å². The van der Waals surface area contributed by atoms with Crippen LogP contribution in [0.15, 0.2) is 17.1 Å². The van der Waals surface area contributed by atoms with Crippen molar-refractivity contribution in [3.8, 4) is 0 Å². The monoisotopic (exact) mass is 239 g/mol. The number of aromatic nitrogens is 2. The van der Waals surface area contributed by atoms with E-state index in [-0.39, 0.29) is 5.56 Å². The molecule has 0 aliphatic heterocycles. The van der Waals surface area contributed by atoms with Crippen LogP contribution in [-0.2, 0) is 6.54 Å². The summed E-state index contributed by atoms with van der Waals surface area (Å²) in [6.45, 7) is 3.01. The summed E-state index contributed by atoms with van der Waals surface area (Å²) < 4.78 is 2.42. The summed E-state index contributed by atoms with van der Waals surface area (Å²) in [5, 5.41) is 0. The average Bonchev–Trinajstić information content (AvgIpc) is 3.04. The first-order chi connectivity index (χ1) is 7.58. The molecule has 0 amide bonds. The Morgan fingerprint density at radius 2 is 2.38 bits per heavy atom. The number of rotatable bonds is 4. The van der Waals surface area contributed by atoms with E-state index in [1.807, 2.05) is 4.57 Å². The molecule has 16 heavy (non-hydrogen) atoms. The lowest BCUT2D eigenvalue weighted by Gasteiger charge is -2.25. The van der Waals surface area contributed by atoms with Crippen LogP contribution >= 0.6 is 12.2 Å². The molecule has 1 N–H and O–H groups in total. The molecule has 1 aromatic rings. The van der Waals surface area contributed by atoms with Gasteiger partial charge in [-0.2, -0.15) is 0 Å². The normalized spacial score (nSPS) is 17.7. The first kappa shape index (κ1) is 11.5. The van der Waals surface area contributed by atoms with Crippen LogP contribution in [-0.4, -0.2) is 33.6 Å². The van der Waals surface area contributed by atoms with Crippen LogP contribution in [0.2, 0.25) is 0 Å². The molecule has 1 saturated carbocycles. The Balaban J connectivity index is 2.08. The molecule has 0 saturated heterocycles. The van der Waals surface area contributed by atoms with Gasteiger partial charge >= 0.3 is 0 Å². The fraction of sp³-hybridized carbons (Fsp3) is 0.636. The van der Waals surface area contributed by atoms with E-state index in [9.17, 15) is 4.79 Å². The quantitative estimate of drug-likeness (QED) is 0.807. The van der Waals surface area contributed by atoms with E-state index in [1.165, 1.54) is 18.9 Å². The molecular weight excluding hydrogens is 222 g/mol. The van der Waals surface area contributed by atoms with Crippen molar-refractivity contribution in [1.29, 1.82) is 0 Å². The molecule has 2 rings (SSSR count). The predicted molar refractivity (Wildman–Crippen MR) is 66.1 cm³/mol. The van der Waals surface area contributed by atoms with E-state index in [0.29, 0.717) is 10.8 Å². The summed E-state index contributed by atoms with van der Waals surface area (Å²) in [6, 6.07) is 2.69. The molecule has 4 nitrogen and oxygen atoms in total. The zero-order valence-corrected chi connectivity index (χ0v) is 10.5. The lowest BCUT2D eigenvalue weighted by Crippen LogP contribution is -2.35.